The number of carbonyl (C=O) groups excluding carboxylic acids is 2. The van der Waals surface area contributed by atoms with Gasteiger partial charge in [-0.3, -0.25) is 14.4 Å². The van der Waals surface area contributed by atoms with Crippen molar-refractivity contribution < 1.29 is 23.9 Å². The molecule has 0 spiro atoms. The van der Waals surface area contributed by atoms with Crippen LogP contribution in [-0.4, -0.2) is 36.0 Å². The predicted molar refractivity (Wildman–Crippen MR) is 106 cm³/mol. The van der Waals surface area contributed by atoms with Crippen LogP contribution in [-0.2, 0) is 19.8 Å². The lowest BCUT2D eigenvalue weighted by Gasteiger charge is -2.29. The van der Waals surface area contributed by atoms with Crippen LogP contribution in [0.1, 0.15) is 25.3 Å². The molecular weight excluding hydrogens is 375 g/mol. The minimum atomic E-state index is -1.26. The normalized spacial score (nSPS) is 18.3. The van der Waals surface area contributed by atoms with Crippen molar-refractivity contribution in [2.75, 3.05) is 18.0 Å². The SMILES string of the molecule is CCC(CNC(=O)C1CC(=O)N(c2ccccc2F)C1)(C(=O)O)c1ccccc1. The second-order valence-electron chi connectivity index (χ2n) is 7.18. The molecule has 2 amide bonds. The van der Waals surface area contributed by atoms with Crippen molar-refractivity contribution >= 4 is 23.5 Å². The molecule has 0 aromatic heterocycles. The number of benzene rings is 2. The summed E-state index contributed by atoms with van der Waals surface area (Å²) in [4.78, 5) is 38.3. The third-order valence-electron chi connectivity index (χ3n) is 5.54. The Morgan fingerprint density at radius 1 is 1.17 bits per heavy atom. The van der Waals surface area contributed by atoms with Gasteiger partial charge in [0.15, 0.2) is 0 Å². The van der Waals surface area contributed by atoms with Gasteiger partial charge in [-0.15, -0.1) is 0 Å². The first kappa shape index (κ1) is 20.5. The number of amides is 2. The summed E-state index contributed by atoms with van der Waals surface area (Å²) in [7, 11) is 0. The number of anilines is 1. The lowest BCUT2D eigenvalue weighted by Crippen LogP contribution is -2.47. The molecule has 0 bridgehead atoms. The van der Waals surface area contributed by atoms with Crippen LogP contribution in [0.2, 0.25) is 0 Å². The van der Waals surface area contributed by atoms with E-state index in [4.69, 9.17) is 0 Å². The first-order valence-corrected chi connectivity index (χ1v) is 9.50. The van der Waals surface area contributed by atoms with Gasteiger partial charge >= 0.3 is 5.97 Å². The largest absolute Gasteiger partial charge is 0.481 e. The number of carboxylic acid groups (broad SMARTS) is 1. The number of hydrogen-bond donors (Lipinski definition) is 2. The van der Waals surface area contributed by atoms with Crippen molar-refractivity contribution in [3.63, 3.8) is 0 Å². The zero-order chi connectivity index (χ0) is 21.0. The van der Waals surface area contributed by atoms with E-state index in [1.807, 2.05) is 0 Å². The van der Waals surface area contributed by atoms with Gasteiger partial charge in [-0.05, 0) is 24.1 Å². The van der Waals surface area contributed by atoms with Gasteiger partial charge in [0.1, 0.15) is 11.2 Å². The smallest absolute Gasteiger partial charge is 0.315 e. The van der Waals surface area contributed by atoms with Crippen molar-refractivity contribution in [1.29, 1.82) is 0 Å². The monoisotopic (exact) mass is 398 g/mol. The number of aliphatic carboxylic acids is 1. The van der Waals surface area contributed by atoms with Gasteiger partial charge in [-0.25, -0.2) is 4.39 Å². The Morgan fingerprint density at radius 3 is 2.45 bits per heavy atom. The van der Waals surface area contributed by atoms with E-state index >= 15 is 0 Å². The van der Waals surface area contributed by atoms with Crippen LogP contribution in [0.5, 0.6) is 0 Å². The molecular formula is C22H23FN2O4. The maximum absolute atomic E-state index is 14.0. The highest BCUT2D eigenvalue weighted by atomic mass is 19.1. The number of hydrogen-bond acceptors (Lipinski definition) is 3. The molecule has 29 heavy (non-hydrogen) atoms. The van der Waals surface area contributed by atoms with Gasteiger partial charge in [0, 0.05) is 19.5 Å². The van der Waals surface area contributed by atoms with E-state index in [0.29, 0.717) is 5.56 Å². The molecule has 7 heteroatoms. The first-order chi connectivity index (χ1) is 13.9. The molecule has 1 aliphatic heterocycles. The van der Waals surface area contributed by atoms with Gasteiger partial charge in [0.05, 0.1) is 11.6 Å². The van der Waals surface area contributed by atoms with Crippen molar-refractivity contribution in [1.82, 2.24) is 5.32 Å². The van der Waals surface area contributed by atoms with E-state index in [1.165, 1.54) is 23.1 Å². The van der Waals surface area contributed by atoms with E-state index in [0.717, 1.165) is 0 Å². The molecule has 1 fully saturated rings. The third-order valence-corrected chi connectivity index (χ3v) is 5.54. The lowest BCUT2D eigenvalue weighted by atomic mass is 9.78. The number of carbonyl (C=O) groups is 3. The second-order valence-corrected chi connectivity index (χ2v) is 7.18. The molecule has 2 atom stereocenters. The van der Waals surface area contributed by atoms with Gasteiger partial charge in [-0.2, -0.15) is 0 Å². The van der Waals surface area contributed by atoms with E-state index in [-0.39, 0.29) is 37.5 Å². The summed E-state index contributed by atoms with van der Waals surface area (Å²) in [6.45, 7) is 1.72. The highest BCUT2D eigenvalue weighted by Crippen LogP contribution is 2.30. The Labute approximate surface area is 168 Å². The number of para-hydroxylation sites is 1. The maximum atomic E-state index is 14.0. The fourth-order valence-corrected chi connectivity index (χ4v) is 3.71. The van der Waals surface area contributed by atoms with E-state index < -0.39 is 29.0 Å². The molecule has 1 aliphatic rings. The topological polar surface area (TPSA) is 86.7 Å². The second kappa shape index (κ2) is 8.43. The van der Waals surface area contributed by atoms with Crippen LogP contribution < -0.4 is 10.2 Å². The van der Waals surface area contributed by atoms with Crippen LogP contribution in [0.25, 0.3) is 0 Å². The van der Waals surface area contributed by atoms with Gasteiger partial charge in [0.25, 0.3) is 0 Å². The minimum Gasteiger partial charge on any atom is -0.481 e. The Balaban J connectivity index is 1.72. The fraction of sp³-hybridized carbons (Fsp3) is 0.318. The molecule has 2 N–H and O–H groups in total. The van der Waals surface area contributed by atoms with Crippen molar-refractivity contribution in [2.45, 2.75) is 25.2 Å². The number of carboxylic acids is 1. The Bertz CT molecular complexity index is 918. The Kier molecular flexibility index (Phi) is 5.96. The summed E-state index contributed by atoms with van der Waals surface area (Å²) < 4.78 is 14.0. The summed E-state index contributed by atoms with van der Waals surface area (Å²) >= 11 is 0. The lowest BCUT2D eigenvalue weighted by molar-refractivity contribution is -0.144. The molecule has 2 aromatic carbocycles. The van der Waals surface area contributed by atoms with Crippen LogP contribution >= 0.6 is 0 Å². The summed E-state index contributed by atoms with van der Waals surface area (Å²) in [6.07, 6.45) is 0.245. The van der Waals surface area contributed by atoms with Crippen LogP contribution in [0, 0.1) is 11.7 Å². The zero-order valence-corrected chi connectivity index (χ0v) is 16.1. The molecule has 2 unspecified atom stereocenters. The predicted octanol–water partition coefficient (Wildman–Crippen LogP) is 2.73. The van der Waals surface area contributed by atoms with Crippen LogP contribution in [0.15, 0.2) is 54.6 Å². The molecule has 1 heterocycles. The molecule has 0 radical (unpaired) electrons. The number of nitrogens with one attached hydrogen (secondary N) is 1. The molecule has 0 aliphatic carbocycles. The number of rotatable bonds is 7. The highest BCUT2D eigenvalue weighted by Gasteiger charge is 2.41. The Hall–Kier alpha value is -3.22. The molecule has 6 nitrogen and oxygen atoms in total. The summed E-state index contributed by atoms with van der Waals surface area (Å²) in [6, 6.07) is 14.7. The highest BCUT2D eigenvalue weighted by molar-refractivity contribution is 6.00. The van der Waals surface area contributed by atoms with Gasteiger partial charge < -0.3 is 15.3 Å². The molecule has 2 aromatic rings. The van der Waals surface area contributed by atoms with Gasteiger partial charge in [-0.1, -0.05) is 49.4 Å². The molecule has 1 saturated heterocycles. The molecule has 3 rings (SSSR count). The fourth-order valence-electron chi connectivity index (χ4n) is 3.71. The summed E-state index contributed by atoms with van der Waals surface area (Å²) in [5.41, 5.74) is -0.513. The zero-order valence-electron chi connectivity index (χ0n) is 16.1. The quantitative estimate of drug-likeness (QED) is 0.751. The van der Waals surface area contributed by atoms with E-state index in [1.54, 1.807) is 43.3 Å². The summed E-state index contributed by atoms with van der Waals surface area (Å²) in [5.74, 6) is -2.96. The Morgan fingerprint density at radius 2 is 1.83 bits per heavy atom. The number of halogens is 1. The van der Waals surface area contributed by atoms with E-state index in [9.17, 15) is 23.9 Å². The van der Waals surface area contributed by atoms with Crippen molar-refractivity contribution in [2.24, 2.45) is 5.92 Å². The third kappa shape index (κ3) is 3.99. The standard InChI is InChI=1S/C22H23FN2O4/c1-2-22(21(28)29,16-8-4-3-5-9-16)14-24-20(27)15-12-19(26)25(13-15)18-11-7-6-10-17(18)23/h3-11,15H,2,12-14H2,1H3,(H,24,27)(H,28,29). The molecule has 0 saturated carbocycles. The van der Waals surface area contributed by atoms with Gasteiger partial charge in [0.2, 0.25) is 11.8 Å². The number of nitrogens with zero attached hydrogens (tertiary/aromatic N) is 1. The maximum Gasteiger partial charge on any atom is 0.315 e. The first-order valence-electron chi connectivity index (χ1n) is 9.50. The van der Waals surface area contributed by atoms with Crippen molar-refractivity contribution in [3.8, 4) is 0 Å². The minimum absolute atomic E-state index is 0.0439. The molecule has 152 valence electrons. The van der Waals surface area contributed by atoms with Crippen molar-refractivity contribution in [3.05, 3.63) is 66.0 Å². The average molecular weight is 398 g/mol. The van der Waals surface area contributed by atoms with Crippen LogP contribution in [0.4, 0.5) is 10.1 Å². The van der Waals surface area contributed by atoms with Crippen LogP contribution in [0.3, 0.4) is 0 Å². The van der Waals surface area contributed by atoms with E-state index in [2.05, 4.69) is 5.32 Å². The average Bonchev–Trinajstić information content (AvgIpc) is 3.11. The summed E-state index contributed by atoms with van der Waals surface area (Å²) in [5, 5.41) is 12.6.